The van der Waals surface area contributed by atoms with Crippen LogP contribution in [0.1, 0.15) is 60.4 Å². The SMILES string of the molecule is Cc1cc(C(=O)N[C@H](C)c2nnc(C(C)C)o2)ccc1F. The third kappa shape index (κ3) is 3.45. The molecular formula is C15H18FN3O2. The molecule has 0 aliphatic heterocycles. The second-order valence-electron chi connectivity index (χ2n) is 5.29. The van der Waals surface area contributed by atoms with E-state index in [0.717, 1.165) is 0 Å². The molecule has 0 fully saturated rings. The monoisotopic (exact) mass is 291 g/mol. The Bertz CT molecular complexity index is 652. The number of benzene rings is 1. The molecule has 1 amide bonds. The lowest BCUT2D eigenvalue weighted by molar-refractivity contribution is 0.0933. The minimum atomic E-state index is -0.414. The minimum absolute atomic E-state index is 0.133. The predicted octanol–water partition coefficient (Wildman–Crippen LogP) is 3.13. The van der Waals surface area contributed by atoms with Crippen molar-refractivity contribution >= 4 is 5.91 Å². The molecule has 1 aromatic carbocycles. The second-order valence-corrected chi connectivity index (χ2v) is 5.29. The largest absolute Gasteiger partial charge is 0.423 e. The van der Waals surface area contributed by atoms with Gasteiger partial charge in [0, 0.05) is 11.5 Å². The van der Waals surface area contributed by atoms with Crippen molar-refractivity contribution < 1.29 is 13.6 Å². The summed E-state index contributed by atoms with van der Waals surface area (Å²) in [5.74, 6) is 0.372. The first-order valence-corrected chi connectivity index (χ1v) is 6.78. The summed E-state index contributed by atoms with van der Waals surface area (Å²) >= 11 is 0. The van der Waals surface area contributed by atoms with Crippen molar-refractivity contribution in [1.82, 2.24) is 15.5 Å². The van der Waals surface area contributed by atoms with Crippen LogP contribution in [0.5, 0.6) is 0 Å². The molecule has 0 bridgehead atoms. The summed E-state index contributed by atoms with van der Waals surface area (Å²) < 4.78 is 18.7. The fourth-order valence-electron chi connectivity index (χ4n) is 1.78. The van der Waals surface area contributed by atoms with E-state index < -0.39 is 6.04 Å². The Labute approximate surface area is 122 Å². The van der Waals surface area contributed by atoms with Gasteiger partial charge in [0.2, 0.25) is 11.8 Å². The molecule has 2 rings (SSSR count). The number of carbonyl (C=O) groups excluding carboxylic acids is 1. The van der Waals surface area contributed by atoms with Crippen molar-refractivity contribution in [2.45, 2.75) is 39.7 Å². The molecule has 0 unspecified atom stereocenters. The summed E-state index contributed by atoms with van der Waals surface area (Å²) in [7, 11) is 0. The quantitative estimate of drug-likeness (QED) is 0.939. The van der Waals surface area contributed by atoms with E-state index in [0.29, 0.717) is 22.9 Å². The van der Waals surface area contributed by atoms with Crippen molar-refractivity contribution in [3.05, 3.63) is 46.9 Å². The zero-order chi connectivity index (χ0) is 15.6. The van der Waals surface area contributed by atoms with Crippen LogP contribution in [-0.4, -0.2) is 16.1 Å². The highest BCUT2D eigenvalue weighted by molar-refractivity contribution is 5.94. The van der Waals surface area contributed by atoms with Gasteiger partial charge < -0.3 is 9.73 Å². The molecule has 0 aliphatic carbocycles. The third-order valence-electron chi connectivity index (χ3n) is 3.09. The van der Waals surface area contributed by atoms with Crippen LogP contribution < -0.4 is 5.32 Å². The highest BCUT2D eigenvalue weighted by Gasteiger charge is 2.18. The van der Waals surface area contributed by atoms with Gasteiger partial charge in [0.25, 0.3) is 5.91 Å². The second kappa shape index (κ2) is 6.03. The average Bonchev–Trinajstić information content (AvgIpc) is 2.91. The lowest BCUT2D eigenvalue weighted by Crippen LogP contribution is -2.27. The number of carbonyl (C=O) groups is 1. The van der Waals surface area contributed by atoms with E-state index in [1.807, 2.05) is 13.8 Å². The van der Waals surface area contributed by atoms with Gasteiger partial charge in [0.15, 0.2) is 0 Å². The summed E-state index contributed by atoms with van der Waals surface area (Å²) in [4.78, 5) is 12.1. The third-order valence-corrected chi connectivity index (χ3v) is 3.09. The maximum Gasteiger partial charge on any atom is 0.251 e. The van der Waals surface area contributed by atoms with Crippen LogP contribution in [-0.2, 0) is 0 Å². The van der Waals surface area contributed by atoms with E-state index >= 15 is 0 Å². The molecule has 1 aromatic heterocycles. The molecule has 5 nitrogen and oxygen atoms in total. The molecule has 0 radical (unpaired) electrons. The molecule has 2 aromatic rings. The van der Waals surface area contributed by atoms with Crippen LogP contribution >= 0.6 is 0 Å². The number of amides is 1. The normalized spacial score (nSPS) is 12.5. The van der Waals surface area contributed by atoms with Crippen LogP contribution in [0.4, 0.5) is 4.39 Å². The van der Waals surface area contributed by atoms with Gasteiger partial charge >= 0.3 is 0 Å². The van der Waals surface area contributed by atoms with Crippen LogP contribution in [0, 0.1) is 12.7 Å². The van der Waals surface area contributed by atoms with E-state index in [2.05, 4.69) is 15.5 Å². The Kier molecular flexibility index (Phi) is 4.35. The first-order valence-electron chi connectivity index (χ1n) is 6.78. The molecule has 0 spiro atoms. The van der Waals surface area contributed by atoms with Gasteiger partial charge in [-0.3, -0.25) is 4.79 Å². The number of halogens is 1. The summed E-state index contributed by atoms with van der Waals surface area (Å²) in [6.07, 6.45) is 0. The fourth-order valence-corrected chi connectivity index (χ4v) is 1.78. The van der Waals surface area contributed by atoms with E-state index in [1.165, 1.54) is 18.2 Å². The molecule has 6 heteroatoms. The van der Waals surface area contributed by atoms with Gasteiger partial charge in [0.05, 0.1) is 0 Å². The molecular weight excluding hydrogens is 273 g/mol. The molecule has 21 heavy (non-hydrogen) atoms. The molecule has 1 heterocycles. The summed E-state index contributed by atoms with van der Waals surface area (Å²) in [6, 6.07) is 3.81. The van der Waals surface area contributed by atoms with Crippen LogP contribution in [0.3, 0.4) is 0 Å². The lowest BCUT2D eigenvalue weighted by atomic mass is 10.1. The number of nitrogens with one attached hydrogen (secondary N) is 1. The average molecular weight is 291 g/mol. The minimum Gasteiger partial charge on any atom is -0.423 e. The maximum absolute atomic E-state index is 13.2. The number of hydrogen-bond donors (Lipinski definition) is 1. The Hall–Kier alpha value is -2.24. The Morgan fingerprint density at radius 2 is 1.90 bits per heavy atom. The van der Waals surface area contributed by atoms with Gasteiger partial charge in [-0.2, -0.15) is 0 Å². The zero-order valence-corrected chi connectivity index (χ0v) is 12.5. The van der Waals surface area contributed by atoms with Gasteiger partial charge in [-0.05, 0) is 37.6 Å². The number of aryl methyl sites for hydroxylation is 1. The molecule has 0 aliphatic rings. The highest BCUT2D eigenvalue weighted by Crippen LogP contribution is 2.17. The first-order chi connectivity index (χ1) is 9.88. The van der Waals surface area contributed by atoms with Crippen LogP contribution in [0.15, 0.2) is 22.6 Å². The summed E-state index contributed by atoms with van der Waals surface area (Å²) in [5.41, 5.74) is 0.819. The van der Waals surface area contributed by atoms with Crippen LogP contribution in [0.2, 0.25) is 0 Å². The fraction of sp³-hybridized carbons (Fsp3) is 0.400. The van der Waals surface area contributed by atoms with Crippen LogP contribution in [0.25, 0.3) is 0 Å². The molecule has 0 saturated carbocycles. The number of aromatic nitrogens is 2. The number of hydrogen-bond acceptors (Lipinski definition) is 4. The first kappa shape index (κ1) is 15.2. The molecule has 112 valence electrons. The van der Waals surface area contributed by atoms with Gasteiger partial charge in [-0.25, -0.2) is 4.39 Å². The number of rotatable bonds is 4. The summed E-state index contributed by atoms with van der Waals surface area (Å²) in [6.45, 7) is 7.26. The smallest absolute Gasteiger partial charge is 0.251 e. The number of nitrogens with zero attached hydrogens (tertiary/aromatic N) is 2. The summed E-state index contributed by atoms with van der Waals surface area (Å²) in [5, 5.41) is 10.6. The standard InChI is InChI=1S/C15H18FN3O2/c1-8(2)14-18-19-15(21-14)10(4)17-13(20)11-5-6-12(16)9(3)7-11/h5-8,10H,1-4H3,(H,17,20)/t10-/m1/s1. The maximum atomic E-state index is 13.2. The van der Waals surface area contributed by atoms with Gasteiger partial charge in [0.1, 0.15) is 11.9 Å². The van der Waals surface area contributed by atoms with E-state index in [4.69, 9.17) is 4.42 Å². The van der Waals surface area contributed by atoms with Crippen molar-refractivity contribution in [1.29, 1.82) is 0 Å². The Morgan fingerprint density at radius 1 is 1.24 bits per heavy atom. The Balaban J connectivity index is 2.08. The topological polar surface area (TPSA) is 68.0 Å². The van der Waals surface area contributed by atoms with Crippen molar-refractivity contribution in [3.8, 4) is 0 Å². The molecule has 1 atom stereocenters. The van der Waals surface area contributed by atoms with Gasteiger partial charge in [-0.1, -0.05) is 13.8 Å². The van der Waals surface area contributed by atoms with E-state index in [1.54, 1.807) is 13.8 Å². The van der Waals surface area contributed by atoms with Crippen molar-refractivity contribution in [2.24, 2.45) is 0 Å². The predicted molar refractivity (Wildman–Crippen MR) is 75.4 cm³/mol. The van der Waals surface area contributed by atoms with Crippen molar-refractivity contribution in [3.63, 3.8) is 0 Å². The lowest BCUT2D eigenvalue weighted by Gasteiger charge is -2.10. The molecule has 0 saturated heterocycles. The van der Waals surface area contributed by atoms with E-state index in [9.17, 15) is 9.18 Å². The Morgan fingerprint density at radius 3 is 2.48 bits per heavy atom. The van der Waals surface area contributed by atoms with Gasteiger partial charge in [-0.15, -0.1) is 10.2 Å². The molecule has 1 N–H and O–H groups in total. The zero-order valence-electron chi connectivity index (χ0n) is 12.5. The highest BCUT2D eigenvalue weighted by atomic mass is 19.1. The van der Waals surface area contributed by atoms with E-state index in [-0.39, 0.29) is 17.6 Å². The van der Waals surface area contributed by atoms with Crippen molar-refractivity contribution in [2.75, 3.05) is 0 Å².